The number of fused-ring (bicyclic) bond motifs is 1. The average molecular weight is 732 g/mol. The van der Waals surface area contributed by atoms with Gasteiger partial charge < -0.3 is 14.8 Å². The molecule has 0 radical (unpaired) electrons. The number of non-ortho nitro benzene ring substituents is 1. The van der Waals surface area contributed by atoms with Crippen molar-refractivity contribution in [3.05, 3.63) is 63.2 Å². The van der Waals surface area contributed by atoms with E-state index in [1.165, 1.54) is 20.9 Å². The Bertz CT molecular complexity index is 1470. The maximum Gasteiger partial charge on any atom is 0.269 e. The number of hydrogen-bond donors (Lipinski definition) is 1. The number of ether oxygens (including phenoxy) is 1. The molecule has 0 atom stereocenters. The number of halogens is 1. The molecule has 8 nitrogen and oxygen atoms in total. The van der Waals surface area contributed by atoms with Gasteiger partial charge in [0.1, 0.15) is 11.6 Å². The molecule has 0 heterocycles. The van der Waals surface area contributed by atoms with Crippen molar-refractivity contribution in [1.29, 1.82) is 0 Å². The number of rotatable bonds is 10. The summed E-state index contributed by atoms with van der Waals surface area (Å²) in [6.07, 6.45) is 5.79. The zero-order valence-electron chi connectivity index (χ0n) is 25.1. The van der Waals surface area contributed by atoms with E-state index in [1.54, 1.807) is 31.3 Å². The predicted octanol–water partition coefficient (Wildman–Crippen LogP) is 8.48. The lowest BCUT2D eigenvalue weighted by Crippen LogP contribution is -2.34. The first-order chi connectivity index (χ1) is 20.6. The fourth-order valence-electron chi connectivity index (χ4n) is 5.84. The van der Waals surface area contributed by atoms with Crippen molar-refractivity contribution in [2.45, 2.75) is 70.3 Å². The second-order valence-electron chi connectivity index (χ2n) is 11.5. The zero-order valence-corrected chi connectivity index (χ0v) is 28.9. The second kappa shape index (κ2) is 14.9. The lowest BCUT2D eigenvalue weighted by atomic mass is 9.70. The van der Waals surface area contributed by atoms with Gasteiger partial charge in [-0.15, -0.1) is 0 Å². The summed E-state index contributed by atoms with van der Waals surface area (Å²) < 4.78 is 9.06. The van der Waals surface area contributed by atoms with Crippen LogP contribution in [0.3, 0.4) is 0 Å². The summed E-state index contributed by atoms with van der Waals surface area (Å²) in [5, 5.41) is 14.4. The van der Waals surface area contributed by atoms with Gasteiger partial charge in [0.15, 0.2) is 0 Å². The number of nitrogens with two attached hydrogens (primary N) is 1. The predicted molar refractivity (Wildman–Crippen MR) is 190 cm³/mol. The van der Waals surface area contributed by atoms with Gasteiger partial charge in [-0.25, -0.2) is 0 Å². The van der Waals surface area contributed by atoms with Crippen molar-refractivity contribution in [2.24, 2.45) is 27.1 Å². The molecule has 2 aliphatic carbocycles. The molecule has 0 saturated heterocycles. The highest BCUT2D eigenvalue weighted by Crippen LogP contribution is 2.51. The van der Waals surface area contributed by atoms with Crippen LogP contribution in [0.5, 0.6) is 5.75 Å². The Morgan fingerprint density at radius 2 is 1.93 bits per heavy atom. The number of nitro benzene ring substituents is 1. The fourth-order valence-corrected chi connectivity index (χ4v) is 7.45. The highest BCUT2D eigenvalue weighted by molar-refractivity contribution is 14.2. The molecule has 2 aromatic rings. The third kappa shape index (κ3) is 7.88. The maximum absolute atomic E-state index is 11.3. The summed E-state index contributed by atoms with van der Waals surface area (Å²) in [6.45, 7) is 11.2. The summed E-state index contributed by atoms with van der Waals surface area (Å²) in [7, 11) is 3.16. The number of nitrogens with zero attached hydrogens (tertiary/aromatic N) is 4. The van der Waals surface area contributed by atoms with Gasteiger partial charge in [0.05, 0.1) is 22.4 Å². The van der Waals surface area contributed by atoms with Gasteiger partial charge in [-0.3, -0.25) is 20.1 Å². The van der Waals surface area contributed by atoms with Crippen molar-refractivity contribution in [1.82, 2.24) is 0 Å². The van der Waals surface area contributed by atoms with Crippen LogP contribution in [0.1, 0.15) is 64.0 Å². The van der Waals surface area contributed by atoms with Crippen molar-refractivity contribution >= 4 is 71.7 Å². The van der Waals surface area contributed by atoms with Gasteiger partial charge in [-0.05, 0) is 106 Å². The number of anilines is 1. The maximum atomic E-state index is 11.3. The number of amidine groups is 1. The first kappa shape index (κ1) is 33.2. The van der Waals surface area contributed by atoms with Crippen LogP contribution in [0, 0.1) is 32.6 Å². The van der Waals surface area contributed by atoms with Crippen LogP contribution in [-0.2, 0) is 6.42 Å². The molecule has 0 spiro atoms. The molecule has 2 N–H and O–H groups in total. The average Bonchev–Trinajstić information content (AvgIpc) is 2.98. The molecule has 0 aliphatic heterocycles. The largest absolute Gasteiger partial charge is 0.488 e. The van der Waals surface area contributed by atoms with Crippen LogP contribution >= 0.6 is 42.1 Å². The van der Waals surface area contributed by atoms with E-state index in [9.17, 15) is 10.1 Å². The van der Waals surface area contributed by atoms with Gasteiger partial charge in [-0.2, -0.15) is 0 Å². The summed E-state index contributed by atoms with van der Waals surface area (Å²) in [4.78, 5) is 20.6. The molecule has 0 amide bonds. The Labute approximate surface area is 275 Å². The first-order valence-electron chi connectivity index (χ1n) is 14.3. The molecule has 43 heavy (non-hydrogen) atoms. The van der Waals surface area contributed by atoms with Gasteiger partial charge in [0.25, 0.3) is 5.69 Å². The van der Waals surface area contributed by atoms with E-state index in [2.05, 4.69) is 80.2 Å². The van der Waals surface area contributed by atoms with Crippen molar-refractivity contribution in [3.8, 4) is 16.9 Å². The zero-order chi connectivity index (χ0) is 31.1. The fraction of sp³-hybridized carbons (Fsp3) is 0.438. The van der Waals surface area contributed by atoms with Gasteiger partial charge in [-0.1, -0.05) is 26.7 Å². The van der Waals surface area contributed by atoms with Crippen LogP contribution in [-0.4, -0.2) is 37.2 Å². The van der Waals surface area contributed by atoms with Crippen LogP contribution in [0.15, 0.2) is 56.9 Å². The highest BCUT2D eigenvalue weighted by Gasteiger charge is 2.38. The molecule has 1 fully saturated rings. The SMILES string of the molecule is C=NC1=C(C(N)=NC)C(C)(C)Cc2c1ccc(OC1CCC(C)CC1)c2N(CCC#CSI)Sc1ccc([N+](=O)[O-])cc1. The molecular weight excluding hydrogens is 693 g/mol. The molecule has 2 aromatic carbocycles. The number of aliphatic imine (C=N–C) groups is 2. The molecule has 0 aromatic heterocycles. The summed E-state index contributed by atoms with van der Waals surface area (Å²) >= 11 is 3.71. The Morgan fingerprint density at radius 1 is 1.23 bits per heavy atom. The Morgan fingerprint density at radius 3 is 2.53 bits per heavy atom. The highest BCUT2D eigenvalue weighted by atomic mass is 127. The first-order valence-corrected chi connectivity index (χ1v) is 18.4. The lowest BCUT2D eigenvalue weighted by Gasteiger charge is -2.38. The van der Waals surface area contributed by atoms with Gasteiger partial charge >= 0.3 is 0 Å². The lowest BCUT2D eigenvalue weighted by molar-refractivity contribution is -0.384. The van der Waals surface area contributed by atoms with Crippen LogP contribution in [0.4, 0.5) is 11.4 Å². The topological polar surface area (TPSA) is 106 Å². The molecular formula is C32H38IN5O3S2. The van der Waals surface area contributed by atoms with E-state index < -0.39 is 0 Å². The molecule has 2 aliphatic rings. The van der Waals surface area contributed by atoms with E-state index in [1.807, 2.05) is 6.07 Å². The Hall–Kier alpha value is -2.69. The normalized spacial score (nSPS) is 19.6. The Kier molecular flexibility index (Phi) is 11.5. The smallest absolute Gasteiger partial charge is 0.269 e. The van der Waals surface area contributed by atoms with E-state index in [0.29, 0.717) is 31.1 Å². The van der Waals surface area contributed by atoms with Gasteiger partial charge in [0, 0.05) is 69.4 Å². The van der Waals surface area contributed by atoms with E-state index in [0.717, 1.165) is 64.4 Å². The molecule has 228 valence electrons. The summed E-state index contributed by atoms with van der Waals surface area (Å²) in [5.74, 6) is 5.24. The van der Waals surface area contributed by atoms with E-state index in [4.69, 9.17) is 10.5 Å². The van der Waals surface area contributed by atoms with Crippen LogP contribution in [0.25, 0.3) is 5.70 Å². The summed E-state index contributed by atoms with van der Waals surface area (Å²) in [5.41, 5.74) is 10.8. The van der Waals surface area contributed by atoms with E-state index >= 15 is 0 Å². The van der Waals surface area contributed by atoms with Gasteiger partial charge in [0.2, 0.25) is 0 Å². The van der Waals surface area contributed by atoms with Crippen molar-refractivity contribution < 1.29 is 9.66 Å². The molecule has 11 heteroatoms. The summed E-state index contributed by atoms with van der Waals surface area (Å²) in [6, 6.07) is 10.8. The van der Waals surface area contributed by atoms with Crippen molar-refractivity contribution in [2.75, 3.05) is 17.9 Å². The van der Waals surface area contributed by atoms with Crippen LogP contribution in [0.2, 0.25) is 0 Å². The van der Waals surface area contributed by atoms with Crippen LogP contribution < -0.4 is 14.8 Å². The van der Waals surface area contributed by atoms with Crippen molar-refractivity contribution in [3.63, 3.8) is 0 Å². The number of benzene rings is 2. The molecule has 4 rings (SSSR count). The minimum atomic E-state index is -0.380. The third-order valence-electron chi connectivity index (χ3n) is 8.01. The number of hydrogen-bond acceptors (Lipinski definition) is 8. The minimum absolute atomic E-state index is 0.0600. The molecule has 0 unspecified atom stereocenters. The quantitative estimate of drug-likeness (QED) is 0.0497. The molecule has 0 bridgehead atoms. The second-order valence-corrected chi connectivity index (χ2v) is 14.3. The number of nitro groups is 1. The minimum Gasteiger partial charge on any atom is -0.488 e. The Balaban J connectivity index is 1.89. The monoisotopic (exact) mass is 731 g/mol. The molecule has 1 saturated carbocycles. The standard InChI is InChI=1S/C32H38IN5O3S2/c1-21-8-12-23(13-9-21)41-27-17-16-25-26(20-32(2,3)28(29(25)35-4)31(34)36-5)30(27)37(18-6-7-19-42-33)43-24-14-10-22(11-15-24)38(39)40/h10-11,14-17,21,23H,4,6,8-9,12-13,18,20H2,1-3,5H3,(H2,34,36). The van der Waals surface area contributed by atoms with E-state index in [-0.39, 0.29) is 22.1 Å². The third-order valence-corrected chi connectivity index (χ3v) is 9.96.